The number of ether oxygens (including phenoxy) is 2. The molecule has 0 spiro atoms. The van der Waals surface area contributed by atoms with Crippen LogP contribution in [0.2, 0.25) is 0 Å². The lowest BCUT2D eigenvalue weighted by Crippen LogP contribution is -2.43. The van der Waals surface area contributed by atoms with Crippen LogP contribution in [0.4, 0.5) is 5.82 Å². The number of rotatable bonds is 9. The van der Waals surface area contributed by atoms with Crippen LogP contribution in [0.1, 0.15) is 18.4 Å². The fourth-order valence-corrected chi connectivity index (χ4v) is 3.66. The molecule has 8 nitrogen and oxygen atoms in total. The maximum Gasteiger partial charge on any atom is 0.234 e. The molecule has 166 valence electrons. The average Bonchev–Trinajstić information content (AvgIpc) is 2.80. The Labute approximate surface area is 182 Å². The number of amides is 2. The number of carbonyl (C=O) groups excluding carboxylic acids is 2. The molecule has 8 heteroatoms. The van der Waals surface area contributed by atoms with Gasteiger partial charge in [0.15, 0.2) is 11.5 Å². The molecule has 1 aliphatic heterocycles. The first-order valence-corrected chi connectivity index (χ1v) is 10.5. The van der Waals surface area contributed by atoms with Crippen LogP contribution < -0.4 is 20.1 Å². The number of likely N-dealkylation sites (tertiary alicyclic amines) is 1. The number of anilines is 1. The summed E-state index contributed by atoms with van der Waals surface area (Å²) in [4.78, 5) is 30.9. The van der Waals surface area contributed by atoms with Gasteiger partial charge in [-0.3, -0.25) is 14.5 Å². The number of methoxy groups -OCH3 is 2. The fraction of sp³-hybridized carbons (Fsp3) is 0.435. The highest BCUT2D eigenvalue weighted by Crippen LogP contribution is 2.27. The lowest BCUT2D eigenvalue weighted by atomic mass is 9.96. The van der Waals surface area contributed by atoms with Gasteiger partial charge in [-0.1, -0.05) is 12.1 Å². The Balaban J connectivity index is 1.36. The van der Waals surface area contributed by atoms with Gasteiger partial charge in [0.05, 0.1) is 20.8 Å². The minimum absolute atomic E-state index is 0.00211. The highest BCUT2D eigenvalue weighted by Gasteiger charge is 2.26. The van der Waals surface area contributed by atoms with Crippen LogP contribution in [0, 0.1) is 5.92 Å². The van der Waals surface area contributed by atoms with E-state index in [1.165, 1.54) is 0 Å². The molecular formula is C23H30N4O4. The Bertz CT molecular complexity index is 867. The van der Waals surface area contributed by atoms with Gasteiger partial charge in [-0.15, -0.1) is 0 Å². The zero-order valence-corrected chi connectivity index (χ0v) is 18.1. The Hall–Kier alpha value is -3.13. The van der Waals surface area contributed by atoms with Crippen LogP contribution in [0.3, 0.4) is 0 Å². The zero-order chi connectivity index (χ0) is 22.1. The molecule has 1 fully saturated rings. The van der Waals surface area contributed by atoms with Crippen LogP contribution >= 0.6 is 0 Å². The summed E-state index contributed by atoms with van der Waals surface area (Å²) in [6.45, 7) is 2.35. The Morgan fingerprint density at radius 3 is 2.55 bits per heavy atom. The quantitative estimate of drug-likeness (QED) is 0.638. The molecule has 0 saturated carbocycles. The highest BCUT2D eigenvalue weighted by molar-refractivity contribution is 5.91. The van der Waals surface area contributed by atoms with E-state index in [1.807, 2.05) is 30.3 Å². The van der Waals surface area contributed by atoms with Gasteiger partial charge in [0.2, 0.25) is 11.8 Å². The number of piperidine rings is 1. The topological polar surface area (TPSA) is 92.8 Å². The first-order valence-electron chi connectivity index (χ1n) is 10.5. The molecule has 1 aromatic heterocycles. The van der Waals surface area contributed by atoms with E-state index in [9.17, 15) is 9.59 Å². The third-order valence-corrected chi connectivity index (χ3v) is 5.43. The number of pyridine rings is 1. The standard InChI is InChI=1S/C23H30N4O4/c1-30-19-7-6-17(15-20(19)31-2)8-12-25-22(28)16-27-13-9-18(10-14-27)23(29)26-21-5-3-4-11-24-21/h3-7,11,15,18H,8-10,12-14,16H2,1-2H3,(H,25,28)(H,24,26,29). The number of benzene rings is 1. The summed E-state index contributed by atoms with van der Waals surface area (Å²) >= 11 is 0. The predicted octanol–water partition coefficient (Wildman–Crippen LogP) is 2.11. The summed E-state index contributed by atoms with van der Waals surface area (Å²) in [5.74, 6) is 1.89. The molecule has 0 radical (unpaired) electrons. The molecule has 2 amide bonds. The first-order chi connectivity index (χ1) is 15.1. The number of hydrogen-bond acceptors (Lipinski definition) is 6. The van der Waals surface area contributed by atoms with Crippen molar-refractivity contribution in [2.45, 2.75) is 19.3 Å². The molecule has 2 N–H and O–H groups in total. The molecule has 1 aliphatic rings. The summed E-state index contributed by atoms with van der Waals surface area (Å²) in [5.41, 5.74) is 1.07. The molecule has 1 saturated heterocycles. The molecule has 0 bridgehead atoms. The van der Waals surface area contributed by atoms with Crippen LogP contribution in [0.5, 0.6) is 11.5 Å². The van der Waals surface area contributed by atoms with E-state index >= 15 is 0 Å². The second-order valence-electron chi connectivity index (χ2n) is 7.54. The number of aromatic nitrogens is 1. The van der Waals surface area contributed by atoms with E-state index in [0.29, 0.717) is 36.8 Å². The van der Waals surface area contributed by atoms with Gasteiger partial charge < -0.3 is 20.1 Å². The summed E-state index contributed by atoms with van der Waals surface area (Å²) < 4.78 is 10.6. The molecule has 0 unspecified atom stereocenters. The van der Waals surface area contributed by atoms with Crippen LogP contribution in [0.25, 0.3) is 0 Å². The second-order valence-corrected chi connectivity index (χ2v) is 7.54. The lowest BCUT2D eigenvalue weighted by Gasteiger charge is -2.30. The summed E-state index contributed by atoms with van der Waals surface area (Å²) in [6, 6.07) is 11.2. The van der Waals surface area contributed by atoms with Crippen LogP contribution in [-0.4, -0.2) is 62.1 Å². The van der Waals surface area contributed by atoms with Gasteiger partial charge in [0, 0.05) is 18.7 Å². The molecule has 3 rings (SSSR count). The predicted molar refractivity (Wildman–Crippen MR) is 118 cm³/mol. The molecule has 0 atom stereocenters. The average molecular weight is 427 g/mol. The Morgan fingerprint density at radius 1 is 1.10 bits per heavy atom. The number of nitrogens with one attached hydrogen (secondary N) is 2. The van der Waals surface area contributed by atoms with E-state index in [0.717, 1.165) is 31.5 Å². The maximum absolute atomic E-state index is 12.4. The summed E-state index contributed by atoms with van der Waals surface area (Å²) in [6.07, 6.45) is 3.83. The van der Waals surface area contributed by atoms with E-state index in [4.69, 9.17) is 9.47 Å². The monoisotopic (exact) mass is 426 g/mol. The van der Waals surface area contributed by atoms with E-state index < -0.39 is 0 Å². The van der Waals surface area contributed by atoms with Crippen molar-refractivity contribution in [2.75, 3.05) is 45.7 Å². The van der Waals surface area contributed by atoms with Gasteiger partial charge in [-0.2, -0.15) is 0 Å². The Kier molecular flexibility index (Phi) is 8.23. The molecule has 2 heterocycles. The minimum Gasteiger partial charge on any atom is -0.493 e. The van der Waals surface area contributed by atoms with Crippen LogP contribution in [0.15, 0.2) is 42.6 Å². The number of nitrogens with zero attached hydrogens (tertiary/aromatic N) is 2. The highest BCUT2D eigenvalue weighted by atomic mass is 16.5. The van der Waals surface area contributed by atoms with Crippen molar-refractivity contribution < 1.29 is 19.1 Å². The Morgan fingerprint density at radius 2 is 1.87 bits per heavy atom. The lowest BCUT2D eigenvalue weighted by molar-refractivity contribution is -0.123. The zero-order valence-electron chi connectivity index (χ0n) is 18.1. The second kappa shape index (κ2) is 11.3. The van der Waals surface area contributed by atoms with E-state index in [1.54, 1.807) is 26.5 Å². The molecular weight excluding hydrogens is 396 g/mol. The van der Waals surface area contributed by atoms with Crippen molar-refractivity contribution in [1.29, 1.82) is 0 Å². The largest absolute Gasteiger partial charge is 0.493 e. The number of hydrogen-bond donors (Lipinski definition) is 2. The van der Waals surface area contributed by atoms with Crippen molar-refractivity contribution in [2.24, 2.45) is 5.92 Å². The van der Waals surface area contributed by atoms with Gasteiger partial charge in [0.25, 0.3) is 0 Å². The summed E-state index contributed by atoms with van der Waals surface area (Å²) in [7, 11) is 3.21. The SMILES string of the molecule is COc1ccc(CCNC(=O)CN2CCC(C(=O)Nc3ccccn3)CC2)cc1OC. The van der Waals surface area contributed by atoms with Crippen molar-refractivity contribution in [1.82, 2.24) is 15.2 Å². The number of carbonyl (C=O) groups is 2. The maximum atomic E-state index is 12.4. The summed E-state index contributed by atoms with van der Waals surface area (Å²) in [5, 5.41) is 5.83. The van der Waals surface area contributed by atoms with Crippen molar-refractivity contribution >= 4 is 17.6 Å². The van der Waals surface area contributed by atoms with Gasteiger partial charge in [-0.25, -0.2) is 4.98 Å². The van der Waals surface area contributed by atoms with E-state index in [-0.39, 0.29) is 17.7 Å². The molecule has 1 aromatic carbocycles. The van der Waals surface area contributed by atoms with E-state index in [2.05, 4.69) is 20.5 Å². The molecule has 2 aromatic rings. The molecule has 0 aliphatic carbocycles. The normalized spacial score (nSPS) is 14.6. The van der Waals surface area contributed by atoms with Crippen molar-refractivity contribution in [3.63, 3.8) is 0 Å². The minimum atomic E-state index is -0.0497. The smallest absolute Gasteiger partial charge is 0.234 e. The third kappa shape index (κ3) is 6.68. The third-order valence-electron chi connectivity index (χ3n) is 5.43. The fourth-order valence-electron chi connectivity index (χ4n) is 3.66. The van der Waals surface area contributed by atoms with Gasteiger partial charge in [-0.05, 0) is 62.2 Å². The van der Waals surface area contributed by atoms with Crippen molar-refractivity contribution in [3.05, 3.63) is 48.2 Å². The van der Waals surface area contributed by atoms with Gasteiger partial charge in [0.1, 0.15) is 5.82 Å². The molecule has 31 heavy (non-hydrogen) atoms. The first kappa shape index (κ1) is 22.6. The van der Waals surface area contributed by atoms with Crippen molar-refractivity contribution in [3.8, 4) is 11.5 Å². The van der Waals surface area contributed by atoms with Gasteiger partial charge >= 0.3 is 0 Å². The van der Waals surface area contributed by atoms with Crippen LogP contribution in [-0.2, 0) is 16.0 Å².